The minimum absolute atomic E-state index is 0.0136. The van der Waals surface area contributed by atoms with Crippen molar-refractivity contribution in [2.75, 3.05) is 46.4 Å². The first-order valence-electron chi connectivity index (χ1n) is 10.8. The SMILES string of the molecule is COc1ccccc1OCC(=O)N1CCCN(C(=O)C2CC(=O)N(C(C)(C)C)C2)CC1. The van der Waals surface area contributed by atoms with Gasteiger partial charge < -0.3 is 24.2 Å². The molecular weight excluding hydrogens is 398 g/mol. The van der Waals surface area contributed by atoms with Gasteiger partial charge in [0.1, 0.15) is 0 Å². The number of ether oxygens (including phenoxy) is 2. The lowest BCUT2D eigenvalue weighted by atomic mass is 10.1. The molecule has 8 nitrogen and oxygen atoms in total. The molecule has 0 aromatic heterocycles. The molecule has 3 amide bonds. The van der Waals surface area contributed by atoms with E-state index in [2.05, 4.69) is 0 Å². The Hall–Kier alpha value is -2.77. The quantitative estimate of drug-likeness (QED) is 0.710. The highest BCUT2D eigenvalue weighted by atomic mass is 16.5. The highest BCUT2D eigenvalue weighted by Gasteiger charge is 2.41. The van der Waals surface area contributed by atoms with Crippen molar-refractivity contribution in [3.8, 4) is 11.5 Å². The Morgan fingerprint density at radius 2 is 1.68 bits per heavy atom. The summed E-state index contributed by atoms with van der Waals surface area (Å²) >= 11 is 0. The van der Waals surface area contributed by atoms with Gasteiger partial charge in [0.2, 0.25) is 11.8 Å². The number of benzene rings is 1. The van der Waals surface area contributed by atoms with Crippen molar-refractivity contribution < 1.29 is 23.9 Å². The molecule has 2 saturated heterocycles. The number of rotatable bonds is 5. The van der Waals surface area contributed by atoms with Gasteiger partial charge in [-0.15, -0.1) is 0 Å². The van der Waals surface area contributed by atoms with E-state index in [9.17, 15) is 14.4 Å². The number of hydrogen-bond donors (Lipinski definition) is 0. The van der Waals surface area contributed by atoms with Crippen molar-refractivity contribution in [3.05, 3.63) is 24.3 Å². The van der Waals surface area contributed by atoms with Gasteiger partial charge in [-0.05, 0) is 39.3 Å². The van der Waals surface area contributed by atoms with E-state index in [1.54, 1.807) is 33.9 Å². The fourth-order valence-corrected chi connectivity index (χ4v) is 4.14. The summed E-state index contributed by atoms with van der Waals surface area (Å²) in [6.07, 6.45) is 0.970. The number of nitrogens with zero attached hydrogens (tertiary/aromatic N) is 3. The van der Waals surface area contributed by atoms with Crippen LogP contribution in [0.25, 0.3) is 0 Å². The molecule has 2 fully saturated rings. The van der Waals surface area contributed by atoms with E-state index in [0.29, 0.717) is 50.6 Å². The number of carbonyl (C=O) groups excluding carboxylic acids is 3. The average molecular weight is 432 g/mol. The Labute approximate surface area is 184 Å². The van der Waals surface area contributed by atoms with E-state index in [-0.39, 0.29) is 42.2 Å². The van der Waals surface area contributed by atoms with Crippen LogP contribution in [0.3, 0.4) is 0 Å². The van der Waals surface area contributed by atoms with Gasteiger partial charge in [0.05, 0.1) is 13.0 Å². The zero-order valence-corrected chi connectivity index (χ0v) is 18.9. The van der Waals surface area contributed by atoms with E-state index in [1.807, 2.05) is 32.9 Å². The van der Waals surface area contributed by atoms with Crippen LogP contribution in [0.4, 0.5) is 0 Å². The van der Waals surface area contributed by atoms with Gasteiger partial charge in [-0.25, -0.2) is 0 Å². The highest BCUT2D eigenvalue weighted by Crippen LogP contribution is 2.28. The maximum absolute atomic E-state index is 13.0. The topological polar surface area (TPSA) is 79.4 Å². The van der Waals surface area contributed by atoms with E-state index in [0.717, 1.165) is 0 Å². The van der Waals surface area contributed by atoms with Gasteiger partial charge in [-0.1, -0.05) is 12.1 Å². The van der Waals surface area contributed by atoms with Gasteiger partial charge >= 0.3 is 0 Å². The number of amides is 3. The predicted octanol–water partition coefficient (Wildman–Crippen LogP) is 1.78. The largest absolute Gasteiger partial charge is 0.493 e. The summed E-state index contributed by atoms with van der Waals surface area (Å²) < 4.78 is 10.9. The number of likely N-dealkylation sites (tertiary alicyclic amines) is 1. The summed E-state index contributed by atoms with van der Waals surface area (Å²) in [5.41, 5.74) is -0.282. The molecule has 0 saturated carbocycles. The summed E-state index contributed by atoms with van der Waals surface area (Å²) in [7, 11) is 1.56. The van der Waals surface area contributed by atoms with Crippen LogP contribution in [0, 0.1) is 5.92 Å². The van der Waals surface area contributed by atoms with Crippen molar-refractivity contribution >= 4 is 17.7 Å². The third kappa shape index (κ3) is 5.48. The third-order valence-electron chi connectivity index (χ3n) is 5.86. The predicted molar refractivity (Wildman–Crippen MR) is 116 cm³/mol. The normalized spacial score (nSPS) is 19.9. The lowest BCUT2D eigenvalue weighted by Crippen LogP contribution is -2.44. The molecule has 1 unspecified atom stereocenters. The Balaban J connectivity index is 1.52. The molecule has 0 bridgehead atoms. The molecule has 0 aliphatic carbocycles. The van der Waals surface area contributed by atoms with E-state index >= 15 is 0 Å². The molecule has 2 aliphatic heterocycles. The Bertz CT molecular complexity index is 820. The molecule has 2 aliphatic rings. The van der Waals surface area contributed by atoms with Gasteiger partial charge in [-0.3, -0.25) is 14.4 Å². The molecule has 0 radical (unpaired) electrons. The number of carbonyl (C=O) groups is 3. The molecule has 170 valence electrons. The maximum atomic E-state index is 13.0. The highest BCUT2D eigenvalue weighted by molar-refractivity contribution is 5.89. The average Bonchev–Trinajstić information content (AvgIpc) is 2.98. The molecule has 31 heavy (non-hydrogen) atoms. The fraction of sp³-hybridized carbons (Fsp3) is 0.609. The number of hydrogen-bond acceptors (Lipinski definition) is 5. The van der Waals surface area contributed by atoms with Crippen LogP contribution in [-0.2, 0) is 14.4 Å². The van der Waals surface area contributed by atoms with Crippen LogP contribution < -0.4 is 9.47 Å². The van der Waals surface area contributed by atoms with Crippen LogP contribution in [-0.4, -0.2) is 84.4 Å². The monoisotopic (exact) mass is 431 g/mol. The Morgan fingerprint density at radius 1 is 1.03 bits per heavy atom. The van der Waals surface area contributed by atoms with Crippen LogP contribution in [0.15, 0.2) is 24.3 Å². The van der Waals surface area contributed by atoms with E-state index < -0.39 is 0 Å². The number of methoxy groups -OCH3 is 1. The Kier molecular flexibility index (Phi) is 7.08. The molecule has 8 heteroatoms. The molecule has 0 spiro atoms. The maximum Gasteiger partial charge on any atom is 0.260 e. The zero-order valence-electron chi connectivity index (χ0n) is 18.9. The molecule has 3 rings (SSSR count). The fourth-order valence-electron chi connectivity index (χ4n) is 4.14. The summed E-state index contributed by atoms with van der Waals surface area (Å²) in [5, 5.41) is 0. The molecular formula is C23H33N3O5. The van der Waals surface area contributed by atoms with Crippen molar-refractivity contribution in [1.82, 2.24) is 14.7 Å². The lowest BCUT2D eigenvalue weighted by Gasteiger charge is -2.32. The van der Waals surface area contributed by atoms with Crippen LogP contribution in [0.1, 0.15) is 33.6 Å². The summed E-state index contributed by atoms with van der Waals surface area (Å²) in [4.78, 5) is 43.4. The smallest absolute Gasteiger partial charge is 0.260 e. The molecule has 0 N–H and O–H groups in total. The summed E-state index contributed by atoms with van der Waals surface area (Å²) in [6, 6.07) is 7.21. The first kappa shape index (κ1) is 22.9. The van der Waals surface area contributed by atoms with Gasteiger partial charge in [0.15, 0.2) is 18.1 Å². The molecule has 1 aromatic rings. The van der Waals surface area contributed by atoms with Crippen molar-refractivity contribution in [1.29, 1.82) is 0 Å². The van der Waals surface area contributed by atoms with E-state index in [1.165, 1.54) is 0 Å². The third-order valence-corrected chi connectivity index (χ3v) is 5.86. The van der Waals surface area contributed by atoms with Crippen LogP contribution >= 0.6 is 0 Å². The van der Waals surface area contributed by atoms with Crippen molar-refractivity contribution in [3.63, 3.8) is 0 Å². The standard InChI is InChI=1S/C23H33N3O5/c1-23(2,3)26-15-17(14-20(26)27)22(29)25-11-7-10-24(12-13-25)21(28)16-31-19-9-6-5-8-18(19)30-4/h5-6,8-9,17H,7,10-16H2,1-4H3. The van der Waals surface area contributed by atoms with Crippen LogP contribution in [0.2, 0.25) is 0 Å². The molecule has 2 heterocycles. The van der Waals surface area contributed by atoms with Gasteiger partial charge in [0.25, 0.3) is 5.91 Å². The van der Waals surface area contributed by atoms with Crippen molar-refractivity contribution in [2.24, 2.45) is 5.92 Å². The second kappa shape index (κ2) is 9.58. The lowest BCUT2D eigenvalue weighted by molar-refractivity contribution is -0.137. The number of para-hydroxylation sites is 2. The van der Waals surface area contributed by atoms with Crippen LogP contribution in [0.5, 0.6) is 11.5 Å². The van der Waals surface area contributed by atoms with Gasteiger partial charge in [-0.2, -0.15) is 0 Å². The first-order chi connectivity index (χ1) is 14.7. The minimum atomic E-state index is -0.303. The molecule has 1 aromatic carbocycles. The second-order valence-corrected chi connectivity index (χ2v) is 9.08. The molecule has 1 atom stereocenters. The first-order valence-corrected chi connectivity index (χ1v) is 10.8. The summed E-state index contributed by atoms with van der Waals surface area (Å²) in [6.45, 7) is 8.45. The van der Waals surface area contributed by atoms with Gasteiger partial charge in [0, 0.05) is 44.7 Å². The Morgan fingerprint density at radius 3 is 2.32 bits per heavy atom. The van der Waals surface area contributed by atoms with E-state index in [4.69, 9.17) is 9.47 Å². The van der Waals surface area contributed by atoms with Crippen molar-refractivity contribution in [2.45, 2.75) is 39.2 Å². The second-order valence-electron chi connectivity index (χ2n) is 9.08. The summed E-state index contributed by atoms with van der Waals surface area (Å²) in [5.74, 6) is 0.737. The minimum Gasteiger partial charge on any atom is -0.493 e. The zero-order chi connectivity index (χ0) is 22.6.